The van der Waals surface area contributed by atoms with Gasteiger partial charge < -0.3 is 10.4 Å². The molecule has 0 heterocycles. The predicted molar refractivity (Wildman–Crippen MR) is 65.0 cm³/mol. The first-order chi connectivity index (χ1) is 7.93. The van der Waals surface area contributed by atoms with E-state index in [1.165, 1.54) is 18.2 Å². The number of aromatic hydroxyl groups is 1. The van der Waals surface area contributed by atoms with E-state index in [-0.39, 0.29) is 16.0 Å². The smallest absolute Gasteiger partial charge is 0.295 e. The van der Waals surface area contributed by atoms with E-state index in [1.54, 1.807) is 19.2 Å². The Morgan fingerprint density at radius 3 is 2.41 bits per heavy atom. The van der Waals surface area contributed by atoms with Gasteiger partial charge in [-0.2, -0.15) is 8.42 Å². The van der Waals surface area contributed by atoms with E-state index >= 15 is 0 Å². The second-order valence-electron chi connectivity index (χ2n) is 3.57. The van der Waals surface area contributed by atoms with Gasteiger partial charge in [-0.25, -0.2) is 0 Å². The molecule has 0 unspecified atom stereocenters. The fraction of sp³-hybridized carbons (Fsp3) is 0.0909. The quantitative estimate of drug-likeness (QED) is 0.711. The minimum absolute atomic E-state index is 0.0375. The topological polar surface area (TPSA) is 86.6 Å². The standard InChI is InChI=1S/C11H11NO4S/c1-12-7-2-3-8-9(6-7)10(13)4-5-11(8)17(14,15)16/h2-6,12-13H,1H3,(H,14,15,16). The van der Waals surface area contributed by atoms with Crippen molar-refractivity contribution in [3.8, 4) is 5.75 Å². The molecule has 0 aliphatic carbocycles. The van der Waals surface area contributed by atoms with Gasteiger partial charge in [-0.1, -0.05) is 6.07 Å². The Labute approximate surface area is 98.5 Å². The number of rotatable bonds is 2. The Bertz CT molecular complexity index is 679. The highest BCUT2D eigenvalue weighted by atomic mass is 32.2. The van der Waals surface area contributed by atoms with Gasteiger partial charge >= 0.3 is 0 Å². The fourth-order valence-corrected chi connectivity index (χ4v) is 2.38. The summed E-state index contributed by atoms with van der Waals surface area (Å²) in [6.07, 6.45) is 0. The molecule has 2 rings (SSSR count). The van der Waals surface area contributed by atoms with Gasteiger partial charge in [0.25, 0.3) is 10.1 Å². The van der Waals surface area contributed by atoms with E-state index in [2.05, 4.69) is 5.32 Å². The number of fused-ring (bicyclic) bond motifs is 1. The maximum Gasteiger partial charge on any atom is 0.295 e. The van der Waals surface area contributed by atoms with Gasteiger partial charge in [-0.3, -0.25) is 4.55 Å². The molecule has 0 aliphatic rings. The van der Waals surface area contributed by atoms with Crippen LogP contribution in [0.3, 0.4) is 0 Å². The molecule has 0 spiro atoms. The van der Waals surface area contributed by atoms with Crippen molar-refractivity contribution in [3.05, 3.63) is 30.3 Å². The van der Waals surface area contributed by atoms with E-state index in [0.717, 1.165) is 5.69 Å². The van der Waals surface area contributed by atoms with Gasteiger partial charge in [0, 0.05) is 23.5 Å². The minimum atomic E-state index is -4.30. The SMILES string of the molecule is CNc1ccc2c(S(=O)(=O)O)ccc(O)c2c1. The van der Waals surface area contributed by atoms with Crippen LogP contribution >= 0.6 is 0 Å². The van der Waals surface area contributed by atoms with E-state index in [0.29, 0.717) is 5.39 Å². The molecular formula is C11H11NO4S. The van der Waals surface area contributed by atoms with Crippen LogP contribution in [0.2, 0.25) is 0 Å². The first-order valence-corrected chi connectivity index (χ1v) is 6.28. The van der Waals surface area contributed by atoms with Crippen molar-refractivity contribution in [1.29, 1.82) is 0 Å². The molecule has 0 aromatic heterocycles. The van der Waals surface area contributed by atoms with Gasteiger partial charge in [0.05, 0.1) is 0 Å². The highest BCUT2D eigenvalue weighted by molar-refractivity contribution is 7.86. The zero-order chi connectivity index (χ0) is 12.6. The summed E-state index contributed by atoms with van der Waals surface area (Å²) in [6.45, 7) is 0. The molecule has 0 saturated carbocycles. The normalized spacial score (nSPS) is 11.6. The molecule has 0 fully saturated rings. The van der Waals surface area contributed by atoms with E-state index in [1.807, 2.05) is 0 Å². The summed E-state index contributed by atoms with van der Waals surface area (Å²) >= 11 is 0. The van der Waals surface area contributed by atoms with Crippen LogP contribution in [-0.2, 0) is 10.1 Å². The molecule has 0 atom stereocenters. The van der Waals surface area contributed by atoms with Crippen molar-refractivity contribution in [2.75, 3.05) is 12.4 Å². The third-order valence-electron chi connectivity index (χ3n) is 2.52. The first-order valence-electron chi connectivity index (χ1n) is 4.84. The van der Waals surface area contributed by atoms with E-state index in [9.17, 15) is 13.5 Å². The van der Waals surface area contributed by atoms with Crippen LogP contribution in [0.5, 0.6) is 5.75 Å². The maximum atomic E-state index is 11.2. The van der Waals surface area contributed by atoms with Crippen LogP contribution in [0, 0.1) is 0 Å². The number of hydrogen-bond acceptors (Lipinski definition) is 4. The minimum Gasteiger partial charge on any atom is -0.507 e. The van der Waals surface area contributed by atoms with Crippen LogP contribution in [0.15, 0.2) is 35.2 Å². The van der Waals surface area contributed by atoms with E-state index in [4.69, 9.17) is 4.55 Å². The molecule has 0 bridgehead atoms. The lowest BCUT2D eigenvalue weighted by atomic mass is 10.1. The number of hydrogen-bond donors (Lipinski definition) is 3. The third kappa shape index (κ3) is 2.04. The Kier molecular flexibility index (Phi) is 2.68. The highest BCUT2D eigenvalue weighted by Crippen LogP contribution is 2.32. The summed E-state index contributed by atoms with van der Waals surface area (Å²) in [5, 5.41) is 13.2. The van der Waals surface area contributed by atoms with Gasteiger partial charge in [-0.15, -0.1) is 0 Å². The predicted octanol–water partition coefficient (Wildman–Crippen LogP) is 1.83. The molecule has 0 aliphatic heterocycles. The second-order valence-corrected chi connectivity index (χ2v) is 4.96. The van der Waals surface area contributed by atoms with Crippen molar-refractivity contribution in [3.63, 3.8) is 0 Å². The maximum absolute atomic E-state index is 11.2. The fourth-order valence-electron chi connectivity index (χ4n) is 1.69. The van der Waals surface area contributed by atoms with Gasteiger partial charge in [-0.05, 0) is 24.3 Å². The summed E-state index contributed by atoms with van der Waals surface area (Å²) in [6, 6.07) is 7.22. The first kappa shape index (κ1) is 11.7. The number of nitrogens with one attached hydrogen (secondary N) is 1. The molecule has 2 aromatic rings. The van der Waals surface area contributed by atoms with Gasteiger partial charge in [0.1, 0.15) is 10.6 Å². The van der Waals surface area contributed by atoms with E-state index < -0.39 is 10.1 Å². The third-order valence-corrected chi connectivity index (χ3v) is 3.43. The monoisotopic (exact) mass is 253 g/mol. The number of anilines is 1. The molecule has 0 amide bonds. The average Bonchev–Trinajstić information content (AvgIpc) is 2.27. The van der Waals surface area contributed by atoms with Crippen molar-refractivity contribution in [2.24, 2.45) is 0 Å². The van der Waals surface area contributed by atoms with Crippen LogP contribution in [0.4, 0.5) is 5.69 Å². The molecule has 90 valence electrons. The number of benzene rings is 2. The molecule has 2 aromatic carbocycles. The molecular weight excluding hydrogens is 242 g/mol. The lowest BCUT2D eigenvalue weighted by molar-refractivity contribution is 0.479. The number of phenolic OH excluding ortho intramolecular Hbond substituents is 1. The zero-order valence-electron chi connectivity index (χ0n) is 9.01. The Hall–Kier alpha value is -1.79. The number of phenols is 1. The molecule has 0 radical (unpaired) electrons. The molecule has 5 nitrogen and oxygen atoms in total. The van der Waals surface area contributed by atoms with Crippen molar-refractivity contribution in [1.82, 2.24) is 0 Å². The van der Waals surface area contributed by atoms with Crippen molar-refractivity contribution in [2.45, 2.75) is 4.90 Å². The van der Waals surface area contributed by atoms with Crippen molar-refractivity contribution >= 4 is 26.6 Å². The summed E-state index contributed by atoms with van der Waals surface area (Å²) in [5.74, 6) is -0.0375. The summed E-state index contributed by atoms with van der Waals surface area (Å²) < 4.78 is 31.4. The highest BCUT2D eigenvalue weighted by Gasteiger charge is 2.15. The van der Waals surface area contributed by atoms with Crippen LogP contribution < -0.4 is 5.32 Å². The molecule has 17 heavy (non-hydrogen) atoms. The summed E-state index contributed by atoms with van der Waals surface area (Å²) in [7, 11) is -2.58. The molecule has 6 heteroatoms. The Balaban J connectivity index is 2.88. The summed E-state index contributed by atoms with van der Waals surface area (Å²) in [5.41, 5.74) is 0.736. The zero-order valence-corrected chi connectivity index (χ0v) is 9.82. The lowest BCUT2D eigenvalue weighted by Crippen LogP contribution is -1.99. The van der Waals surface area contributed by atoms with Crippen LogP contribution in [0.1, 0.15) is 0 Å². The lowest BCUT2D eigenvalue weighted by Gasteiger charge is -2.08. The second kappa shape index (κ2) is 3.90. The van der Waals surface area contributed by atoms with Crippen LogP contribution in [-0.4, -0.2) is 25.1 Å². The average molecular weight is 253 g/mol. The Morgan fingerprint density at radius 2 is 1.82 bits per heavy atom. The molecule has 3 N–H and O–H groups in total. The molecule has 0 saturated heterocycles. The Morgan fingerprint density at radius 1 is 1.12 bits per heavy atom. The largest absolute Gasteiger partial charge is 0.507 e. The summed E-state index contributed by atoms with van der Waals surface area (Å²) in [4.78, 5) is -0.215. The van der Waals surface area contributed by atoms with Crippen LogP contribution in [0.25, 0.3) is 10.8 Å². The van der Waals surface area contributed by atoms with Crippen molar-refractivity contribution < 1.29 is 18.1 Å². The van der Waals surface area contributed by atoms with Gasteiger partial charge in [0.15, 0.2) is 0 Å². The van der Waals surface area contributed by atoms with Gasteiger partial charge in [0.2, 0.25) is 0 Å².